The number of anilines is 1. The summed E-state index contributed by atoms with van der Waals surface area (Å²) in [7, 11) is 1.72. The van der Waals surface area contributed by atoms with E-state index < -0.39 is 23.4 Å². The second-order valence-corrected chi connectivity index (χ2v) is 6.32. The quantitative estimate of drug-likeness (QED) is 0.706. The molecule has 9 heteroatoms. The third kappa shape index (κ3) is 3.78. The molecule has 1 aromatic carbocycles. The molecule has 0 aliphatic rings. The summed E-state index contributed by atoms with van der Waals surface area (Å²) in [6.45, 7) is 3.49. The lowest BCUT2D eigenvalue weighted by Crippen LogP contribution is -2.33. The molecule has 3 rings (SSSR count). The zero-order chi connectivity index (χ0) is 20.4. The number of amides is 2. The topological polar surface area (TPSA) is 81.0 Å². The van der Waals surface area contributed by atoms with Crippen LogP contribution >= 0.6 is 0 Å². The minimum absolute atomic E-state index is 0.0961. The van der Waals surface area contributed by atoms with Gasteiger partial charge in [0.25, 0.3) is 5.91 Å². The Labute approximate surface area is 160 Å². The SMILES string of the molecule is Cc1ccc(C)n1-c1c(C(=O)NCC(=O)Nc2ccc(F)c(F)c2)cnn1C. The first kappa shape index (κ1) is 19.3. The number of aromatic nitrogens is 3. The summed E-state index contributed by atoms with van der Waals surface area (Å²) in [6, 6.07) is 6.87. The molecule has 2 N–H and O–H groups in total. The minimum Gasteiger partial charge on any atom is -0.343 e. The molecule has 0 unspecified atom stereocenters. The van der Waals surface area contributed by atoms with Crippen molar-refractivity contribution in [2.45, 2.75) is 13.8 Å². The fraction of sp³-hybridized carbons (Fsp3) is 0.211. The Morgan fingerprint density at radius 3 is 2.39 bits per heavy atom. The van der Waals surface area contributed by atoms with Crippen molar-refractivity contribution in [2.24, 2.45) is 7.05 Å². The first-order valence-corrected chi connectivity index (χ1v) is 8.48. The number of hydrogen-bond donors (Lipinski definition) is 2. The van der Waals surface area contributed by atoms with E-state index >= 15 is 0 Å². The van der Waals surface area contributed by atoms with Gasteiger partial charge in [-0.05, 0) is 38.1 Å². The summed E-state index contributed by atoms with van der Waals surface area (Å²) in [5, 5.41) is 9.06. The van der Waals surface area contributed by atoms with Gasteiger partial charge in [-0.15, -0.1) is 0 Å². The van der Waals surface area contributed by atoms with Crippen molar-refractivity contribution in [3.8, 4) is 5.82 Å². The molecule has 0 aliphatic heterocycles. The number of nitrogens with one attached hydrogen (secondary N) is 2. The Balaban J connectivity index is 1.70. The number of carbonyl (C=O) groups is 2. The Morgan fingerprint density at radius 1 is 1.07 bits per heavy atom. The molecular formula is C19H19F2N5O2. The number of aryl methyl sites for hydroxylation is 3. The summed E-state index contributed by atoms with van der Waals surface area (Å²) in [4.78, 5) is 24.6. The Kier molecular flexibility index (Phi) is 5.25. The number of halogens is 2. The van der Waals surface area contributed by atoms with Crippen molar-refractivity contribution in [3.63, 3.8) is 0 Å². The number of carbonyl (C=O) groups excluding carboxylic acids is 2. The molecule has 0 fully saturated rings. The van der Waals surface area contributed by atoms with Crippen LogP contribution in [0.5, 0.6) is 0 Å². The standard InChI is InChI=1S/C19H19F2N5O2/c1-11-4-5-12(2)26(11)19-14(9-23-25(19)3)18(28)22-10-17(27)24-13-6-7-15(20)16(21)8-13/h4-9H,10H2,1-3H3,(H,22,28)(H,24,27). The van der Waals surface area contributed by atoms with Gasteiger partial charge < -0.3 is 15.2 Å². The van der Waals surface area contributed by atoms with E-state index in [4.69, 9.17) is 0 Å². The second kappa shape index (κ2) is 7.63. The number of hydrogen-bond acceptors (Lipinski definition) is 3. The molecule has 28 heavy (non-hydrogen) atoms. The van der Waals surface area contributed by atoms with Gasteiger partial charge in [-0.2, -0.15) is 5.10 Å². The molecule has 0 radical (unpaired) electrons. The number of nitrogens with zero attached hydrogens (tertiary/aromatic N) is 3. The van der Waals surface area contributed by atoms with Crippen molar-refractivity contribution in [1.29, 1.82) is 0 Å². The van der Waals surface area contributed by atoms with Crippen molar-refractivity contribution in [3.05, 3.63) is 65.1 Å². The van der Waals surface area contributed by atoms with Gasteiger partial charge in [0.05, 0.1) is 12.7 Å². The highest BCUT2D eigenvalue weighted by atomic mass is 19.2. The maximum atomic E-state index is 13.2. The van der Waals surface area contributed by atoms with Gasteiger partial charge in [0.15, 0.2) is 11.6 Å². The van der Waals surface area contributed by atoms with Gasteiger partial charge in [-0.1, -0.05) is 0 Å². The van der Waals surface area contributed by atoms with Gasteiger partial charge in [0.2, 0.25) is 5.91 Å². The van der Waals surface area contributed by atoms with E-state index in [-0.39, 0.29) is 12.2 Å². The fourth-order valence-electron chi connectivity index (χ4n) is 2.89. The molecule has 0 aliphatic carbocycles. The van der Waals surface area contributed by atoms with Crippen molar-refractivity contribution in [1.82, 2.24) is 19.7 Å². The lowest BCUT2D eigenvalue weighted by molar-refractivity contribution is -0.115. The normalized spacial score (nSPS) is 10.8. The van der Waals surface area contributed by atoms with Crippen molar-refractivity contribution in [2.75, 3.05) is 11.9 Å². The van der Waals surface area contributed by atoms with Crippen LogP contribution < -0.4 is 10.6 Å². The maximum absolute atomic E-state index is 13.2. The zero-order valence-electron chi connectivity index (χ0n) is 15.6. The molecule has 0 spiro atoms. The van der Waals surface area contributed by atoms with Crippen LogP contribution in [0, 0.1) is 25.5 Å². The summed E-state index contributed by atoms with van der Waals surface area (Å²) < 4.78 is 29.6. The summed E-state index contributed by atoms with van der Waals surface area (Å²) in [6.07, 6.45) is 1.43. The van der Waals surface area contributed by atoms with E-state index in [9.17, 15) is 18.4 Å². The van der Waals surface area contributed by atoms with E-state index in [1.54, 1.807) is 11.7 Å². The predicted octanol–water partition coefficient (Wildman–Crippen LogP) is 2.47. The van der Waals surface area contributed by atoms with E-state index in [0.717, 1.165) is 23.5 Å². The molecule has 2 heterocycles. The molecular weight excluding hydrogens is 368 g/mol. The third-order valence-corrected chi connectivity index (χ3v) is 4.25. The molecule has 2 amide bonds. The third-order valence-electron chi connectivity index (χ3n) is 4.25. The van der Waals surface area contributed by atoms with Crippen LogP contribution in [0.15, 0.2) is 36.5 Å². The van der Waals surface area contributed by atoms with Gasteiger partial charge >= 0.3 is 0 Å². The van der Waals surface area contributed by atoms with Crippen LogP contribution in [0.2, 0.25) is 0 Å². The van der Waals surface area contributed by atoms with Crippen LogP contribution in [0.4, 0.5) is 14.5 Å². The number of benzene rings is 1. The highest BCUT2D eigenvalue weighted by molar-refractivity contribution is 6.01. The molecule has 146 valence electrons. The first-order valence-electron chi connectivity index (χ1n) is 8.48. The molecule has 7 nitrogen and oxygen atoms in total. The summed E-state index contributed by atoms with van der Waals surface area (Å²) in [5.74, 6) is -2.54. The van der Waals surface area contributed by atoms with Crippen LogP contribution in [-0.2, 0) is 11.8 Å². The van der Waals surface area contributed by atoms with Gasteiger partial charge in [0, 0.05) is 30.2 Å². The number of rotatable bonds is 5. The highest BCUT2D eigenvalue weighted by Gasteiger charge is 2.20. The van der Waals surface area contributed by atoms with Crippen LogP contribution in [0.25, 0.3) is 5.82 Å². The van der Waals surface area contributed by atoms with Crippen molar-refractivity contribution < 1.29 is 18.4 Å². The highest BCUT2D eigenvalue weighted by Crippen LogP contribution is 2.19. The molecule has 0 bridgehead atoms. The lowest BCUT2D eigenvalue weighted by atomic mass is 10.2. The van der Waals surface area contributed by atoms with Crippen LogP contribution in [-0.4, -0.2) is 32.7 Å². The minimum atomic E-state index is -1.07. The molecule has 3 aromatic rings. The predicted molar refractivity (Wildman–Crippen MR) is 99.3 cm³/mol. The second-order valence-electron chi connectivity index (χ2n) is 6.32. The average molecular weight is 387 g/mol. The van der Waals surface area contributed by atoms with Gasteiger partial charge in [-0.3, -0.25) is 14.3 Å². The average Bonchev–Trinajstić information content (AvgIpc) is 3.18. The molecule has 0 saturated carbocycles. The zero-order valence-corrected chi connectivity index (χ0v) is 15.6. The van der Waals surface area contributed by atoms with Crippen LogP contribution in [0.3, 0.4) is 0 Å². The summed E-state index contributed by atoms with van der Waals surface area (Å²) in [5.41, 5.74) is 2.28. The van der Waals surface area contributed by atoms with Crippen LogP contribution in [0.1, 0.15) is 21.7 Å². The van der Waals surface area contributed by atoms with E-state index in [1.807, 2.05) is 30.5 Å². The smallest absolute Gasteiger partial charge is 0.257 e. The molecule has 0 atom stereocenters. The van der Waals surface area contributed by atoms with Gasteiger partial charge in [0.1, 0.15) is 11.4 Å². The monoisotopic (exact) mass is 387 g/mol. The maximum Gasteiger partial charge on any atom is 0.257 e. The Bertz CT molecular complexity index is 1040. The van der Waals surface area contributed by atoms with E-state index in [2.05, 4.69) is 15.7 Å². The van der Waals surface area contributed by atoms with Gasteiger partial charge in [-0.25, -0.2) is 8.78 Å². The van der Waals surface area contributed by atoms with E-state index in [0.29, 0.717) is 11.4 Å². The van der Waals surface area contributed by atoms with Crippen molar-refractivity contribution >= 4 is 17.5 Å². The first-order chi connectivity index (χ1) is 13.3. The lowest BCUT2D eigenvalue weighted by Gasteiger charge is -2.12. The largest absolute Gasteiger partial charge is 0.343 e. The Morgan fingerprint density at radius 2 is 1.75 bits per heavy atom. The molecule has 0 saturated heterocycles. The summed E-state index contributed by atoms with van der Waals surface area (Å²) >= 11 is 0. The molecule has 2 aromatic heterocycles. The van der Waals surface area contributed by atoms with E-state index in [1.165, 1.54) is 12.3 Å². The fourth-order valence-corrected chi connectivity index (χ4v) is 2.89. The Hall–Kier alpha value is -3.49.